The smallest absolute Gasteiger partial charge is 0.209 e. The van der Waals surface area contributed by atoms with Crippen LogP contribution in [0.25, 0.3) is 22.2 Å². The maximum absolute atomic E-state index is 13.4. The standard InChI is InChI=1S/C30H24N2O2/c1-30(2)23-14-8-10-16-25(23)31(3)26(30)17-21-28(33)27(29(21)34)22-18-32(19-11-5-4-6-12-19)24-15-9-7-13-20(22)24/h4-18H,1-3H3/p+1. The van der Waals surface area contributed by atoms with E-state index in [-0.39, 0.29) is 17.0 Å². The Morgan fingerprint density at radius 1 is 0.912 bits per heavy atom. The van der Waals surface area contributed by atoms with E-state index < -0.39 is 0 Å². The molecule has 0 unspecified atom stereocenters. The second-order valence-electron chi connectivity index (χ2n) is 9.46. The lowest BCUT2D eigenvalue weighted by atomic mass is 9.77. The molecule has 1 N–H and O–H groups in total. The van der Waals surface area contributed by atoms with Crippen LogP contribution < -0.4 is 0 Å². The number of rotatable bonds is 3. The predicted molar refractivity (Wildman–Crippen MR) is 136 cm³/mol. The lowest BCUT2D eigenvalue weighted by Gasteiger charge is -2.22. The monoisotopic (exact) mass is 445 g/mol. The molecule has 0 saturated carbocycles. The Labute approximate surface area is 198 Å². The van der Waals surface area contributed by atoms with Crippen molar-refractivity contribution in [3.05, 3.63) is 114 Å². The number of nitrogens with zero attached hydrogens (tertiary/aromatic N) is 2. The molecule has 2 heterocycles. The first kappa shape index (κ1) is 20.4. The number of carbonyl (C=O) groups is 1. The number of Topliss-reactive ketones (excluding diaryl/α,β-unsaturated/α-hetero) is 1. The first-order chi connectivity index (χ1) is 16.4. The summed E-state index contributed by atoms with van der Waals surface area (Å²) in [5.41, 5.74) is 6.58. The zero-order chi connectivity index (χ0) is 23.6. The number of para-hydroxylation sites is 3. The molecule has 4 aromatic rings. The van der Waals surface area contributed by atoms with E-state index in [9.17, 15) is 9.90 Å². The molecule has 3 aromatic carbocycles. The zero-order valence-electron chi connectivity index (χ0n) is 19.4. The third kappa shape index (κ3) is 2.72. The van der Waals surface area contributed by atoms with Crippen molar-refractivity contribution in [3.8, 4) is 5.69 Å². The maximum Gasteiger partial charge on any atom is 0.209 e. The van der Waals surface area contributed by atoms with Gasteiger partial charge in [-0.15, -0.1) is 0 Å². The largest absolute Gasteiger partial charge is 0.506 e. The van der Waals surface area contributed by atoms with Crippen LogP contribution in [-0.4, -0.2) is 32.8 Å². The molecule has 0 bridgehead atoms. The van der Waals surface area contributed by atoms with Crippen molar-refractivity contribution in [2.24, 2.45) is 0 Å². The minimum atomic E-state index is -0.266. The van der Waals surface area contributed by atoms with Crippen LogP contribution in [0.4, 0.5) is 5.69 Å². The Balaban J connectivity index is 1.48. The molecule has 1 aliphatic carbocycles. The van der Waals surface area contributed by atoms with Crippen LogP contribution in [0.15, 0.2) is 102 Å². The quantitative estimate of drug-likeness (QED) is 0.305. The summed E-state index contributed by atoms with van der Waals surface area (Å²) in [5.74, 6) is -0.0604. The van der Waals surface area contributed by atoms with Gasteiger partial charge in [0, 0.05) is 40.5 Å². The van der Waals surface area contributed by atoms with Gasteiger partial charge in [0.05, 0.1) is 22.1 Å². The first-order valence-electron chi connectivity index (χ1n) is 11.5. The molecule has 6 rings (SSSR count). The van der Waals surface area contributed by atoms with Crippen LogP contribution in [0.3, 0.4) is 0 Å². The number of carbonyl (C=O) groups excluding carboxylic acids is 1. The van der Waals surface area contributed by atoms with Crippen LogP contribution in [0.1, 0.15) is 25.0 Å². The van der Waals surface area contributed by atoms with Gasteiger partial charge in [0.25, 0.3) is 0 Å². The molecule has 0 radical (unpaired) electrons. The van der Waals surface area contributed by atoms with Gasteiger partial charge in [-0.25, -0.2) is 0 Å². The minimum Gasteiger partial charge on any atom is -0.506 e. The predicted octanol–water partition coefficient (Wildman–Crippen LogP) is 6.11. The minimum absolute atomic E-state index is 0.0635. The molecular weight excluding hydrogens is 420 g/mol. The van der Waals surface area contributed by atoms with E-state index >= 15 is 0 Å². The van der Waals surface area contributed by atoms with E-state index in [1.807, 2.05) is 86.1 Å². The van der Waals surface area contributed by atoms with Crippen LogP contribution in [0, 0.1) is 0 Å². The SMILES string of the molecule is C[N+]1=C(C=C2C(=O)C(c3cn(-c4ccccc4)c4ccccc34)=C2O)C(C)(C)c2ccccc21. The number of aliphatic hydroxyl groups excluding tert-OH is 1. The zero-order valence-corrected chi connectivity index (χ0v) is 19.4. The van der Waals surface area contributed by atoms with E-state index in [1.165, 1.54) is 5.56 Å². The topological polar surface area (TPSA) is 45.2 Å². The Bertz CT molecular complexity index is 1600. The van der Waals surface area contributed by atoms with Gasteiger partial charge >= 0.3 is 0 Å². The molecule has 0 saturated heterocycles. The van der Waals surface area contributed by atoms with Crippen molar-refractivity contribution >= 4 is 33.7 Å². The van der Waals surface area contributed by atoms with E-state index in [0.29, 0.717) is 11.1 Å². The van der Waals surface area contributed by atoms with Crippen molar-refractivity contribution in [3.63, 3.8) is 0 Å². The normalized spacial score (nSPS) is 18.1. The molecule has 4 nitrogen and oxygen atoms in total. The fraction of sp³-hybridized carbons (Fsp3) is 0.133. The molecule has 1 aromatic heterocycles. The molecule has 34 heavy (non-hydrogen) atoms. The van der Waals surface area contributed by atoms with Gasteiger partial charge < -0.3 is 9.67 Å². The Morgan fingerprint density at radius 2 is 1.59 bits per heavy atom. The van der Waals surface area contributed by atoms with Gasteiger partial charge in [-0.1, -0.05) is 54.6 Å². The van der Waals surface area contributed by atoms with Gasteiger partial charge in [0.1, 0.15) is 12.8 Å². The number of fused-ring (bicyclic) bond motifs is 2. The molecule has 2 aliphatic rings. The number of aliphatic hydroxyl groups is 1. The fourth-order valence-electron chi connectivity index (χ4n) is 5.38. The van der Waals surface area contributed by atoms with E-state index in [4.69, 9.17) is 0 Å². The van der Waals surface area contributed by atoms with Gasteiger partial charge in [0.2, 0.25) is 11.5 Å². The molecule has 0 spiro atoms. The van der Waals surface area contributed by atoms with Gasteiger partial charge in [-0.3, -0.25) is 4.79 Å². The summed E-state index contributed by atoms with van der Waals surface area (Å²) in [5, 5.41) is 12.1. The molecule has 166 valence electrons. The summed E-state index contributed by atoms with van der Waals surface area (Å²) in [4.78, 5) is 13.4. The first-order valence-corrected chi connectivity index (χ1v) is 11.5. The Hall–Kier alpha value is -4.18. The maximum atomic E-state index is 13.4. The summed E-state index contributed by atoms with van der Waals surface area (Å²) >= 11 is 0. The highest BCUT2D eigenvalue weighted by Crippen LogP contribution is 2.43. The number of hydrogen-bond donors (Lipinski definition) is 1. The fourth-order valence-corrected chi connectivity index (χ4v) is 5.38. The molecule has 1 aliphatic heterocycles. The number of benzene rings is 3. The number of ketones is 1. The highest BCUT2D eigenvalue weighted by Gasteiger charge is 2.45. The summed E-state index contributed by atoms with van der Waals surface area (Å²) < 4.78 is 4.18. The van der Waals surface area contributed by atoms with Gasteiger partial charge in [0.15, 0.2) is 5.71 Å². The average molecular weight is 446 g/mol. The molecule has 0 atom stereocenters. The van der Waals surface area contributed by atoms with Crippen LogP contribution in [0.2, 0.25) is 0 Å². The second-order valence-corrected chi connectivity index (χ2v) is 9.46. The lowest BCUT2D eigenvalue weighted by Crippen LogP contribution is -2.30. The van der Waals surface area contributed by atoms with E-state index in [1.54, 1.807) is 0 Å². The number of aromatic nitrogens is 1. The Kier molecular flexibility index (Phi) is 4.30. The molecular formula is C30H25N2O2+. The van der Waals surface area contributed by atoms with Crippen LogP contribution >= 0.6 is 0 Å². The van der Waals surface area contributed by atoms with Crippen LogP contribution in [-0.2, 0) is 10.2 Å². The van der Waals surface area contributed by atoms with E-state index in [0.717, 1.165) is 33.6 Å². The second kappa shape index (κ2) is 7.16. The molecule has 0 fully saturated rings. The summed E-state index contributed by atoms with van der Waals surface area (Å²) in [6.45, 7) is 4.31. The Morgan fingerprint density at radius 3 is 2.32 bits per heavy atom. The lowest BCUT2D eigenvalue weighted by molar-refractivity contribution is -0.401. The molecule has 4 heteroatoms. The van der Waals surface area contributed by atoms with Crippen molar-refractivity contribution < 1.29 is 14.5 Å². The average Bonchev–Trinajstić information content (AvgIpc) is 3.32. The van der Waals surface area contributed by atoms with Gasteiger partial charge in [-0.2, -0.15) is 4.58 Å². The highest BCUT2D eigenvalue weighted by molar-refractivity contribution is 6.41. The van der Waals surface area contributed by atoms with E-state index in [2.05, 4.69) is 35.1 Å². The number of allylic oxidation sites excluding steroid dienone is 3. The summed E-state index contributed by atoms with van der Waals surface area (Å²) in [6, 6.07) is 26.3. The third-order valence-electron chi connectivity index (χ3n) is 7.20. The summed E-state index contributed by atoms with van der Waals surface area (Å²) in [6.07, 6.45) is 3.81. The van der Waals surface area contributed by atoms with Crippen molar-refractivity contribution in [1.82, 2.24) is 4.57 Å². The van der Waals surface area contributed by atoms with Crippen molar-refractivity contribution in [2.75, 3.05) is 7.05 Å². The summed E-state index contributed by atoms with van der Waals surface area (Å²) in [7, 11) is 2.01. The number of hydrogen-bond acceptors (Lipinski definition) is 2. The van der Waals surface area contributed by atoms with Crippen molar-refractivity contribution in [1.29, 1.82) is 0 Å². The third-order valence-corrected chi connectivity index (χ3v) is 7.20. The van der Waals surface area contributed by atoms with Gasteiger partial charge in [-0.05, 0) is 32.0 Å². The van der Waals surface area contributed by atoms with Crippen molar-refractivity contribution in [2.45, 2.75) is 19.3 Å². The van der Waals surface area contributed by atoms with Crippen LogP contribution in [0.5, 0.6) is 0 Å². The molecule has 0 amide bonds. The highest BCUT2D eigenvalue weighted by atomic mass is 16.3.